The largest absolute Gasteiger partial charge is 0.507 e. The summed E-state index contributed by atoms with van der Waals surface area (Å²) in [6, 6.07) is 0. The summed E-state index contributed by atoms with van der Waals surface area (Å²) < 4.78 is 0. The molecule has 0 heterocycles. The van der Waals surface area contributed by atoms with Gasteiger partial charge in [0.2, 0.25) is 0 Å². The number of aromatic hydroxyl groups is 2. The van der Waals surface area contributed by atoms with Crippen molar-refractivity contribution in [3.05, 3.63) is 40.5 Å². The molecule has 0 radical (unpaired) electrons. The third-order valence-corrected chi connectivity index (χ3v) is 5.70. The fraction of sp³-hybridized carbons (Fsp3) is 0.615. The maximum atomic E-state index is 10.3. The second-order valence-corrected chi connectivity index (χ2v) is 8.05. The molecule has 2 N–H and O–H groups in total. The van der Waals surface area contributed by atoms with Gasteiger partial charge in [0.05, 0.1) is 0 Å². The second kappa shape index (κ2) is 14.3. The summed E-state index contributed by atoms with van der Waals surface area (Å²) in [7, 11) is 0. The number of benzene rings is 1. The highest BCUT2D eigenvalue weighted by molar-refractivity contribution is 5.68. The third-order valence-electron chi connectivity index (χ3n) is 5.70. The van der Waals surface area contributed by atoms with Gasteiger partial charge in [0.1, 0.15) is 11.5 Å². The lowest BCUT2D eigenvalue weighted by Gasteiger charge is -2.13. The van der Waals surface area contributed by atoms with E-state index >= 15 is 0 Å². The second-order valence-electron chi connectivity index (χ2n) is 8.05. The maximum Gasteiger partial charge on any atom is 0.126 e. The predicted molar refractivity (Wildman–Crippen MR) is 123 cm³/mol. The molecule has 0 aromatic heterocycles. The van der Waals surface area contributed by atoms with E-state index in [0.29, 0.717) is 11.5 Å². The Labute approximate surface area is 173 Å². The number of phenols is 2. The van der Waals surface area contributed by atoms with E-state index in [1.54, 1.807) is 0 Å². The molecule has 0 unspecified atom stereocenters. The highest BCUT2D eigenvalue weighted by atomic mass is 16.3. The first-order chi connectivity index (χ1) is 13.5. The molecule has 0 amide bonds. The van der Waals surface area contributed by atoms with Gasteiger partial charge in [0.25, 0.3) is 0 Å². The monoisotopic (exact) mass is 386 g/mol. The zero-order valence-electron chi connectivity index (χ0n) is 18.7. The van der Waals surface area contributed by atoms with E-state index in [-0.39, 0.29) is 0 Å². The first-order valence-electron chi connectivity index (χ1n) is 11.3. The zero-order valence-corrected chi connectivity index (χ0v) is 18.7. The Morgan fingerprint density at radius 2 is 1.04 bits per heavy atom. The van der Waals surface area contributed by atoms with Gasteiger partial charge >= 0.3 is 0 Å². The SMILES string of the molecule is CCCCCCCCC=CCCCCCC=Cc1c(C)c(O)c(C)c(C)c1O. The van der Waals surface area contributed by atoms with E-state index in [1.807, 2.05) is 26.8 Å². The van der Waals surface area contributed by atoms with Crippen LogP contribution in [0.25, 0.3) is 6.08 Å². The van der Waals surface area contributed by atoms with E-state index in [2.05, 4.69) is 25.2 Å². The Bertz CT molecular complexity index is 597. The molecule has 1 aromatic rings. The van der Waals surface area contributed by atoms with Gasteiger partial charge in [-0.15, -0.1) is 0 Å². The van der Waals surface area contributed by atoms with Crippen molar-refractivity contribution >= 4 is 6.08 Å². The zero-order chi connectivity index (χ0) is 20.8. The lowest BCUT2D eigenvalue weighted by molar-refractivity contribution is 0.448. The first-order valence-corrected chi connectivity index (χ1v) is 11.3. The van der Waals surface area contributed by atoms with E-state index in [1.165, 1.54) is 70.6 Å². The van der Waals surface area contributed by atoms with Crippen LogP contribution in [-0.2, 0) is 0 Å². The Morgan fingerprint density at radius 3 is 1.64 bits per heavy atom. The summed E-state index contributed by atoms with van der Waals surface area (Å²) in [5, 5.41) is 20.5. The minimum atomic E-state index is 0.291. The minimum Gasteiger partial charge on any atom is -0.507 e. The normalized spacial score (nSPS) is 11.9. The molecule has 0 aliphatic carbocycles. The van der Waals surface area contributed by atoms with Crippen molar-refractivity contribution < 1.29 is 10.2 Å². The molecule has 0 fully saturated rings. The van der Waals surface area contributed by atoms with Crippen molar-refractivity contribution in [3.8, 4) is 11.5 Å². The molecule has 0 saturated heterocycles. The van der Waals surface area contributed by atoms with Crippen molar-refractivity contribution in [2.75, 3.05) is 0 Å². The molecule has 0 aliphatic heterocycles. The molecule has 0 atom stereocenters. The van der Waals surface area contributed by atoms with E-state index in [0.717, 1.165) is 28.7 Å². The topological polar surface area (TPSA) is 40.5 Å². The number of hydrogen-bond donors (Lipinski definition) is 2. The third kappa shape index (κ3) is 8.54. The van der Waals surface area contributed by atoms with Crippen LogP contribution >= 0.6 is 0 Å². The number of allylic oxidation sites excluding steroid dienone is 3. The first kappa shape index (κ1) is 24.3. The van der Waals surface area contributed by atoms with E-state index < -0.39 is 0 Å². The number of rotatable bonds is 14. The molecule has 0 bridgehead atoms. The van der Waals surface area contributed by atoms with Crippen LogP contribution in [0.4, 0.5) is 0 Å². The van der Waals surface area contributed by atoms with E-state index in [9.17, 15) is 10.2 Å². The molecule has 2 heteroatoms. The lowest BCUT2D eigenvalue weighted by Crippen LogP contribution is -1.92. The molecule has 1 aromatic carbocycles. The van der Waals surface area contributed by atoms with Gasteiger partial charge in [-0.25, -0.2) is 0 Å². The molecule has 0 spiro atoms. The van der Waals surface area contributed by atoms with Crippen LogP contribution in [0.1, 0.15) is 106 Å². The quantitative estimate of drug-likeness (QED) is 0.192. The summed E-state index contributed by atoms with van der Waals surface area (Å²) in [5.41, 5.74) is 3.03. The van der Waals surface area contributed by atoms with Crippen LogP contribution in [0.3, 0.4) is 0 Å². The van der Waals surface area contributed by atoms with Crippen LogP contribution in [0.15, 0.2) is 18.2 Å². The summed E-state index contributed by atoms with van der Waals surface area (Å²) in [4.78, 5) is 0. The molecule has 158 valence electrons. The maximum absolute atomic E-state index is 10.3. The molecule has 1 rings (SSSR count). The van der Waals surface area contributed by atoms with Crippen LogP contribution in [-0.4, -0.2) is 10.2 Å². The summed E-state index contributed by atoms with van der Waals surface area (Å²) in [5.74, 6) is 0.585. The van der Waals surface area contributed by atoms with Gasteiger partial charge in [-0.3, -0.25) is 0 Å². The summed E-state index contributed by atoms with van der Waals surface area (Å²) in [6.45, 7) is 7.81. The Morgan fingerprint density at radius 1 is 0.571 bits per heavy atom. The number of phenolic OH excluding ortho intramolecular Hbond substituents is 2. The highest BCUT2D eigenvalue weighted by Gasteiger charge is 2.14. The standard InChI is InChI=1S/C26H42O2/c1-5-6-7-8-9-10-11-12-13-14-15-16-17-18-19-20-24-23(4)25(27)21(2)22(3)26(24)28/h12-13,19-20,27-28H,5-11,14-18H2,1-4H3. The van der Waals surface area contributed by atoms with Crippen LogP contribution in [0.5, 0.6) is 11.5 Å². The highest BCUT2D eigenvalue weighted by Crippen LogP contribution is 2.36. The number of unbranched alkanes of at least 4 members (excludes halogenated alkanes) is 10. The summed E-state index contributed by atoms with van der Waals surface area (Å²) in [6.07, 6.45) is 24.1. The smallest absolute Gasteiger partial charge is 0.126 e. The fourth-order valence-corrected chi connectivity index (χ4v) is 3.53. The molecule has 0 saturated carbocycles. The Balaban J connectivity index is 2.16. The molecular formula is C26H42O2. The van der Waals surface area contributed by atoms with Gasteiger partial charge in [-0.1, -0.05) is 69.8 Å². The van der Waals surface area contributed by atoms with Crippen LogP contribution in [0, 0.1) is 20.8 Å². The van der Waals surface area contributed by atoms with Crippen molar-refractivity contribution in [2.45, 2.75) is 105 Å². The van der Waals surface area contributed by atoms with Gasteiger partial charge in [0.15, 0.2) is 0 Å². The lowest BCUT2D eigenvalue weighted by atomic mass is 9.97. The Hall–Kier alpha value is -1.70. The van der Waals surface area contributed by atoms with Crippen molar-refractivity contribution in [2.24, 2.45) is 0 Å². The average Bonchev–Trinajstić information content (AvgIpc) is 2.70. The predicted octanol–water partition coefficient (Wildman–Crippen LogP) is 8.29. The van der Waals surface area contributed by atoms with Gasteiger partial charge < -0.3 is 10.2 Å². The van der Waals surface area contributed by atoms with Gasteiger partial charge in [-0.2, -0.15) is 0 Å². The molecule has 0 aliphatic rings. The summed E-state index contributed by atoms with van der Waals surface area (Å²) >= 11 is 0. The van der Waals surface area contributed by atoms with Gasteiger partial charge in [0, 0.05) is 11.1 Å². The van der Waals surface area contributed by atoms with Gasteiger partial charge in [-0.05, 0) is 70.4 Å². The van der Waals surface area contributed by atoms with Crippen molar-refractivity contribution in [1.82, 2.24) is 0 Å². The fourth-order valence-electron chi connectivity index (χ4n) is 3.53. The minimum absolute atomic E-state index is 0.291. The average molecular weight is 387 g/mol. The van der Waals surface area contributed by atoms with Crippen molar-refractivity contribution in [1.29, 1.82) is 0 Å². The van der Waals surface area contributed by atoms with Crippen LogP contribution < -0.4 is 0 Å². The van der Waals surface area contributed by atoms with E-state index in [4.69, 9.17) is 0 Å². The Kier molecular flexibility index (Phi) is 12.4. The molecule has 28 heavy (non-hydrogen) atoms. The van der Waals surface area contributed by atoms with Crippen molar-refractivity contribution in [3.63, 3.8) is 0 Å². The number of hydrogen-bond acceptors (Lipinski definition) is 2. The van der Waals surface area contributed by atoms with Crippen LogP contribution in [0.2, 0.25) is 0 Å². The molecular weight excluding hydrogens is 344 g/mol. The molecule has 2 nitrogen and oxygen atoms in total.